The van der Waals surface area contributed by atoms with Gasteiger partial charge in [0.05, 0.1) is 0 Å². The molecule has 0 bridgehead atoms. The summed E-state index contributed by atoms with van der Waals surface area (Å²) in [6, 6.07) is 3.99. The van der Waals surface area contributed by atoms with E-state index in [1.165, 1.54) is 0 Å². The van der Waals surface area contributed by atoms with Gasteiger partial charge in [-0.1, -0.05) is 13.8 Å². The van der Waals surface area contributed by atoms with Gasteiger partial charge in [-0.15, -0.1) is 0 Å². The third kappa shape index (κ3) is 5.17. The van der Waals surface area contributed by atoms with Gasteiger partial charge in [0, 0.05) is 24.5 Å². The van der Waals surface area contributed by atoms with Crippen molar-refractivity contribution in [2.45, 2.75) is 40.2 Å². The average Bonchev–Trinajstić information content (AvgIpc) is 2.27. The van der Waals surface area contributed by atoms with Crippen molar-refractivity contribution < 1.29 is 4.79 Å². The standard InChI is InChI=1S/C14H23N3O/c1-10(2)5-7-16-14(18)13-9-12(6-8-15-13)17-11(3)4/h6,8-11H,5,7H2,1-4H3,(H,15,17)(H,16,18). The molecule has 0 saturated heterocycles. The molecule has 0 fully saturated rings. The second-order valence-electron chi connectivity index (χ2n) is 5.17. The number of rotatable bonds is 6. The summed E-state index contributed by atoms with van der Waals surface area (Å²) in [5.41, 5.74) is 1.39. The molecule has 0 aliphatic carbocycles. The van der Waals surface area contributed by atoms with Crippen molar-refractivity contribution in [2.24, 2.45) is 5.92 Å². The fourth-order valence-electron chi connectivity index (χ4n) is 1.54. The molecule has 1 aromatic rings. The monoisotopic (exact) mass is 249 g/mol. The van der Waals surface area contributed by atoms with Crippen LogP contribution in [0.4, 0.5) is 5.69 Å². The average molecular weight is 249 g/mol. The molecule has 4 nitrogen and oxygen atoms in total. The van der Waals surface area contributed by atoms with Crippen LogP contribution in [-0.4, -0.2) is 23.5 Å². The summed E-state index contributed by atoms with van der Waals surface area (Å²) in [7, 11) is 0. The zero-order valence-electron chi connectivity index (χ0n) is 11.7. The Bertz CT molecular complexity index is 388. The van der Waals surface area contributed by atoms with Crippen LogP contribution < -0.4 is 10.6 Å². The van der Waals surface area contributed by atoms with Crippen LogP contribution in [-0.2, 0) is 0 Å². The van der Waals surface area contributed by atoms with Gasteiger partial charge in [-0.05, 0) is 38.3 Å². The Labute approximate surface area is 109 Å². The normalized spacial score (nSPS) is 10.8. The second-order valence-corrected chi connectivity index (χ2v) is 5.17. The summed E-state index contributed by atoms with van der Waals surface area (Å²) in [6.07, 6.45) is 2.64. The number of hydrogen-bond acceptors (Lipinski definition) is 3. The minimum absolute atomic E-state index is 0.108. The lowest BCUT2D eigenvalue weighted by atomic mass is 10.1. The van der Waals surface area contributed by atoms with Gasteiger partial charge in [0.15, 0.2) is 0 Å². The minimum Gasteiger partial charge on any atom is -0.383 e. The van der Waals surface area contributed by atoms with Crippen molar-refractivity contribution in [3.63, 3.8) is 0 Å². The van der Waals surface area contributed by atoms with Gasteiger partial charge in [-0.25, -0.2) is 0 Å². The maximum atomic E-state index is 11.9. The molecule has 1 heterocycles. The third-order valence-electron chi connectivity index (χ3n) is 2.46. The van der Waals surface area contributed by atoms with E-state index in [0.717, 1.165) is 12.1 Å². The van der Waals surface area contributed by atoms with Crippen molar-refractivity contribution in [3.8, 4) is 0 Å². The molecule has 0 spiro atoms. The lowest BCUT2D eigenvalue weighted by Crippen LogP contribution is -2.26. The van der Waals surface area contributed by atoms with E-state index in [1.54, 1.807) is 12.3 Å². The summed E-state index contributed by atoms with van der Waals surface area (Å²) in [4.78, 5) is 16.0. The molecule has 0 aromatic carbocycles. The quantitative estimate of drug-likeness (QED) is 0.815. The predicted molar refractivity (Wildman–Crippen MR) is 74.8 cm³/mol. The van der Waals surface area contributed by atoms with Crippen molar-refractivity contribution >= 4 is 11.6 Å². The lowest BCUT2D eigenvalue weighted by Gasteiger charge is -2.11. The van der Waals surface area contributed by atoms with Gasteiger partial charge < -0.3 is 10.6 Å². The first-order valence-electron chi connectivity index (χ1n) is 6.50. The van der Waals surface area contributed by atoms with Gasteiger partial charge in [0.1, 0.15) is 5.69 Å². The Morgan fingerprint density at radius 2 is 2.06 bits per heavy atom. The van der Waals surface area contributed by atoms with E-state index in [4.69, 9.17) is 0 Å². The molecule has 0 atom stereocenters. The van der Waals surface area contributed by atoms with Crippen LogP contribution in [0.2, 0.25) is 0 Å². The number of aromatic nitrogens is 1. The van der Waals surface area contributed by atoms with Crippen molar-refractivity contribution in [1.29, 1.82) is 0 Å². The number of anilines is 1. The van der Waals surface area contributed by atoms with Crippen LogP contribution in [0.5, 0.6) is 0 Å². The first kappa shape index (κ1) is 14.5. The number of carbonyl (C=O) groups is 1. The summed E-state index contributed by atoms with van der Waals surface area (Å²) in [6.45, 7) is 9.08. The molecule has 100 valence electrons. The molecule has 1 rings (SSSR count). The fourth-order valence-corrected chi connectivity index (χ4v) is 1.54. The van der Waals surface area contributed by atoms with Gasteiger partial charge in [-0.2, -0.15) is 0 Å². The van der Waals surface area contributed by atoms with Crippen LogP contribution in [0.25, 0.3) is 0 Å². The Hall–Kier alpha value is -1.58. The maximum absolute atomic E-state index is 11.9. The van der Waals surface area contributed by atoms with Gasteiger partial charge >= 0.3 is 0 Å². The van der Waals surface area contributed by atoms with Crippen LogP contribution in [0.1, 0.15) is 44.6 Å². The first-order chi connectivity index (χ1) is 8.49. The number of hydrogen-bond donors (Lipinski definition) is 2. The molecular formula is C14H23N3O. The van der Waals surface area contributed by atoms with Crippen LogP contribution in [0.15, 0.2) is 18.3 Å². The zero-order chi connectivity index (χ0) is 13.5. The van der Waals surface area contributed by atoms with E-state index in [2.05, 4.69) is 43.3 Å². The third-order valence-corrected chi connectivity index (χ3v) is 2.46. The van der Waals surface area contributed by atoms with Gasteiger partial charge in [-0.3, -0.25) is 9.78 Å². The molecule has 0 unspecified atom stereocenters. The van der Waals surface area contributed by atoms with E-state index >= 15 is 0 Å². The zero-order valence-corrected chi connectivity index (χ0v) is 11.7. The molecule has 18 heavy (non-hydrogen) atoms. The number of carbonyl (C=O) groups excluding carboxylic acids is 1. The second kappa shape index (κ2) is 6.99. The highest BCUT2D eigenvalue weighted by Crippen LogP contribution is 2.09. The fraction of sp³-hybridized carbons (Fsp3) is 0.571. The SMILES string of the molecule is CC(C)CCNC(=O)c1cc(NC(C)C)ccn1. The highest BCUT2D eigenvalue weighted by molar-refractivity contribution is 5.93. The maximum Gasteiger partial charge on any atom is 0.269 e. The first-order valence-corrected chi connectivity index (χ1v) is 6.50. The Balaban J connectivity index is 2.57. The lowest BCUT2D eigenvalue weighted by molar-refractivity contribution is 0.0947. The molecular weight excluding hydrogens is 226 g/mol. The van der Waals surface area contributed by atoms with Crippen molar-refractivity contribution in [3.05, 3.63) is 24.0 Å². The molecule has 4 heteroatoms. The van der Waals surface area contributed by atoms with E-state index in [9.17, 15) is 4.79 Å². The number of nitrogens with zero attached hydrogens (tertiary/aromatic N) is 1. The molecule has 1 amide bonds. The summed E-state index contributed by atoms with van der Waals surface area (Å²) >= 11 is 0. The van der Waals surface area contributed by atoms with E-state index < -0.39 is 0 Å². The Morgan fingerprint density at radius 3 is 2.67 bits per heavy atom. The number of nitrogens with one attached hydrogen (secondary N) is 2. The molecule has 0 aliphatic rings. The van der Waals surface area contributed by atoms with Crippen molar-refractivity contribution in [1.82, 2.24) is 10.3 Å². The minimum atomic E-state index is -0.108. The molecule has 0 radical (unpaired) electrons. The molecule has 0 aliphatic heterocycles. The summed E-state index contributed by atoms with van der Waals surface area (Å²) < 4.78 is 0. The largest absolute Gasteiger partial charge is 0.383 e. The highest BCUT2D eigenvalue weighted by atomic mass is 16.1. The van der Waals surface area contributed by atoms with Crippen LogP contribution in [0, 0.1) is 5.92 Å². The topological polar surface area (TPSA) is 54.0 Å². The van der Waals surface area contributed by atoms with E-state index in [-0.39, 0.29) is 5.91 Å². The van der Waals surface area contributed by atoms with E-state index in [1.807, 2.05) is 6.07 Å². The summed E-state index contributed by atoms with van der Waals surface area (Å²) in [5, 5.41) is 6.14. The van der Waals surface area contributed by atoms with Crippen molar-refractivity contribution in [2.75, 3.05) is 11.9 Å². The Kier molecular flexibility index (Phi) is 5.62. The van der Waals surface area contributed by atoms with E-state index in [0.29, 0.717) is 24.2 Å². The van der Waals surface area contributed by atoms with Crippen LogP contribution in [0.3, 0.4) is 0 Å². The smallest absolute Gasteiger partial charge is 0.269 e. The van der Waals surface area contributed by atoms with Gasteiger partial charge in [0.2, 0.25) is 0 Å². The Morgan fingerprint density at radius 1 is 1.33 bits per heavy atom. The predicted octanol–water partition coefficient (Wildman–Crippen LogP) is 2.68. The molecule has 2 N–H and O–H groups in total. The van der Waals surface area contributed by atoms with Crippen LogP contribution >= 0.6 is 0 Å². The summed E-state index contributed by atoms with van der Waals surface area (Å²) in [5.74, 6) is 0.482. The number of amides is 1. The number of pyridine rings is 1. The molecule has 1 aromatic heterocycles. The molecule has 0 saturated carbocycles. The van der Waals surface area contributed by atoms with Gasteiger partial charge in [0.25, 0.3) is 5.91 Å². The highest BCUT2D eigenvalue weighted by Gasteiger charge is 2.08.